The minimum absolute atomic E-state index is 0.0295. The number of pyridine rings is 1. The third kappa shape index (κ3) is 4.65. The van der Waals surface area contributed by atoms with Gasteiger partial charge in [0.1, 0.15) is 5.82 Å². The van der Waals surface area contributed by atoms with Crippen molar-refractivity contribution in [2.45, 2.75) is 45.7 Å². The molecule has 1 unspecified atom stereocenters. The predicted octanol–water partition coefficient (Wildman–Crippen LogP) is 3.37. The van der Waals surface area contributed by atoms with E-state index in [9.17, 15) is 4.79 Å². The van der Waals surface area contributed by atoms with Crippen LogP contribution in [-0.2, 0) is 6.54 Å². The molecule has 2 aromatic heterocycles. The van der Waals surface area contributed by atoms with Crippen LogP contribution in [0.4, 0.5) is 5.82 Å². The van der Waals surface area contributed by atoms with Gasteiger partial charge in [-0.15, -0.1) is 0 Å². The Balaban J connectivity index is 1.41. The van der Waals surface area contributed by atoms with Crippen LogP contribution in [0.5, 0.6) is 0 Å². The number of benzene rings is 1. The molecule has 1 aliphatic heterocycles. The highest BCUT2D eigenvalue weighted by atomic mass is 16.1. The van der Waals surface area contributed by atoms with Gasteiger partial charge >= 0.3 is 0 Å². The van der Waals surface area contributed by atoms with E-state index in [1.165, 1.54) is 23.8 Å². The highest BCUT2D eigenvalue weighted by Gasteiger charge is 2.22. The molecule has 0 radical (unpaired) electrons. The highest BCUT2D eigenvalue weighted by Crippen LogP contribution is 2.21. The zero-order valence-electron chi connectivity index (χ0n) is 17.3. The summed E-state index contributed by atoms with van der Waals surface area (Å²) in [6.45, 7) is 7.45. The molecule has 0 bridgehead atoms. The number of aromatic nitrogens is 3. The fraction of sp³-hybridized carbons (Fsp3) is 0.435. The Morgan fingerprint density at radius 1 is 1.10 bits per heavy atom. The normalized spacial score (nSPS) is 17.5. The first-order chi connectivity index (χ1) is 14.1. The first-order valence-electron chi connectivity index (χ1n) is 10.5. The Morgan fingerprint density at radius 2 is 1.97 bits per heavy atom. The van der Waals surface area contributed by atoms with Crippen LogP contribution < -0.4 is 10.9 Å². The van der Waals surface area contributed by atoms with Crippen molar-refractivity contribution >= 4 is 16.7 Å². The number of piperidine rings is 1. The number of likely N-dealkylation sites (tertiary alicyclic amines) is 1. The summed E-state index contributed by atoms with van der Waals surface area (Å²) in [7, 11) is 0. The average Bonchev–Trinajstić information content (AvgIpc) is 2.73. The van der Waals surface area contributed by atoms with Gasteiger partial charge in [0.05, 0.1) is 17.8 Å². The van der Waals surface area contributed by atoms with Gasteiger partial charge < -0.3 is 5.32 Å². The first kappa shape index (κ1) is 19.6. The number of nitrogens with one attached hydrogen (secondary N) is 1. The van der Waals surface area contributed by atoms with E-state index in [2.05, 4.69) is 46.5 Å². The zero-order valence-corrected chi connectivity index (χ0v) is 17.3. The average molecular weight is 392 g/mol. The molecule has 0 spiro atoms. The van der Waals surface area contributed by atoms with E-state index < -0.39 is 0 Å². The molecule has 1 atom stereocenters. The lowest BCUT2D eigenvalue weighted by atomic mass is 10.0. The topological polar surface area (TPSA) is 63.1 Å². The molecule has 6 nitrogen and oxygen atoms in total. The smallest absolute Gasteiger partial charge is 0.266 e. The second-order valence-corrected chi connectivity index (χ2v) is 7.94. The van der Waals surface area contributed by atoms with Crippen molar-refractivity contribution in [1.29, 1.82) is 0 Å². The Kier molecular flexibility index (Phi) is 5.90. The maximum absolute atomic E-state index is 12.0. The largest absolute Gasteiger partial charge is 0.368 e. The van der Waals surface area contributed by atoms with Crippen LogP contribution in [-0.4, -0.2) is 45.3 Å². The van der Waals surface area contributed by atoms with Crippen molar-refractivity contribution in [2.75, 3.05) is 25.0 Å². The van der Waals surface area contributed by atoms with Crippen molar-refractivity contribution in [3.8, 4) is 0 Å². The van der Waals surface area contributed by atoms with Crippen LogP contribution in [0.1, 0.15) is 30.5 Å². The number of hydrogen-bond acceptors (Lipinski definition) is 5. The van der Waals surface area contributed by atoms with E-state index >= 15 is 0 Å². The van der Waals surface area contributed by atoms with Gasteiger partial charge in [0.25, 0.3) is 5.56 Å². The van der Waals surface area contributed by atoms with E-state index in [4.69, 9.17) is 4.98 Å². The third-order valence-electron chi connectivity index (χ3n) is 5.79. The van der Waals surface area contributed by atoms with Gasteiger partial charge in [-0.05, 0) is 57.0 Å². The summed E-state index contributed by atoms with van der Waals surface area (Å²) in [6, 6.07) is 14.2. The Labute approximate surface area is 171 Å². The molecule has 1 aliphatic rings. The van der Waals surface area contributed by atoms with Crippen LogP contribution in [0.15, 0.2) is 47.3 Å². The molecule has 3 aromatic rings. The standard InChI is InChI=1S/C23H29N5O/c1-17-15-22(25-21-9-4-3-8-20(17)21)24-16-19-7-5-6-12-27(19)13-14-28-23(29)11-10-18(2)26-28/h3-4,8-11,15,19H,5-7,12-14,16H2,1-2H3,(H,24,25). The number of fused-ring (bicyclic) bond motifs is 1. The van der Waals surface area contributed by atoms with Crippen molar-refractivity contribution < 1.29 is 0 Å². The minimum Gasteiger partial charge on any atom is -0.368 e. The molecule has 4 rings (SSSR count). The Bertz CT molecular complexity index is 1040. The molecule has 1 fully saturated rings. The fourth-order valence-electron chi connectivity index (χ4n) is 4.18. The van der Waals surface area contributed by atoms with Gasteiger partial charge in [-0.3, -0.25) is 9.69 Å². The Hall–Kier alpha value is -2.73. The molecular formula is C23H29N5O. The first-order valence-corrected chi connectivity index (χ1v) is 10.5. The molecule has 6 heteroatoms. The summed E-state index contributed by atoms with van der Waals surface area (Å²) in [4.78, 5) is 19.3. The SMILES string of the molecule is Cc1ccc(=O)n(CCN2CCCCC2CNc2cc(C)c3ccccc3n2)n1. The van der Waals surface area contributed by atoms with Crippen LogP contribution in [0.2, 0.25) is 0 Å². The van der Waals surface area contributed by atoms with Crippen molar-refractivity contribution in [2.24, 2.45) is 0 Å². The van der Waals surface area contributed by atoms with E-state index in [0.717, 1.165) is 43.1 Å². The van der Waals surface area contributed by atoms with Crippen molar-refractivity contribution in [3.05, 3.63) is 64.1 Å². The maximum Gasteiger partial charge on any atom is 0.266 e. The van der Waals surface area contributed by atoms with E-state index in [1.54, 1.807) is 16.8 Å². The van der Waals surface area contributed by atoms with Gasteiger partial charge in [0.2, 0.25) is 0 Å². The van der Waals surface area contributed by atoms with E-state index in [-0.39, 0.29) is 5.56 Å². The number of hydrogen-bond donors (Lipinski definition) is 1. The van der Waals surface area contributed by atoms with Gasteiger partial charge in [-0.1, -0.05) is 24.6 Å². The number of nitrogens with zero attached hydrogens (tertiary/aromatic N) is 4. The monoisotopic (exact) mass is 391 g/mol. The second-order valence-electron chi connectivity index (χ2n) is 7.94. The molecule has 1 saturated heterocycles. The Morgan fingerprint density at radius 3 is 2.86 bits per heavy atom. The lowest BCUT2D eigenvalue weighted by Gasteiger charge is -2.36. The van der Waals surface area contributed by atoms with Crippen LogP contribution in [0.25, 0.3) is 10.9 Å². The summed E-state index contributed by atoms with van der Waals surface area (Å²) in [5.41, 5.74) is 3.11. The lowest BCUT2D eigenvalue weighted by Crippen LogP contribution is -2.45. The molecule has 1 N–H and O–H groups in total. The predicted molar refractivity (Wildman–Crippen MR) is 117 cm³/mol. The molecule has 0 saturated carbocycles. The summed E-state index contributed by atoms with van der Waals surface area (Å²) in [5.74, 6) is 0.934. The molecule has 1 aromatic carbocycles. The number of aryl methyl sites for hydroxylation is 2. The van der Waals surface area contributed by atoms with E-state index in [0.29, 0.717) is 12.6 Å². The second kappa shape index (κ2) is 8.74. The van der Waals surface area contributed by atoms with Crippen molar-refractivity contribution in [3.63, 3.8) is 0 Å². The van der Waals surface area contributed by atoms with Gasteiger partial charge in [-0.2, -0.15) is 5.10 Å². The number of para-hydroxylation sites is 1. The van der Waals surface area contributed by atoms with Gasteiger partial charge in [0, 0.05) is 30.6 Å². The molecular weight excluding hydrogens is 362 g/mol. The summed E-state index contributed by atoms with van der Waals surface area (Å²) < 4.78 is 1.59. The number of rotatable bonds is 6. The summed E-state index contributed by atoms with van der Waals surface area (Å²) in [6.07, 6.45) is 3.62. The quantitative estimate of drug-likeness (QED) is 0.698. The van der Waals surface area contributed by atoms with Gasteiger partial charge in [-0.25, -0.2) is 9.67 Å². The van der Waals surface area contributed by atoms with Crippen LogP contribution in [0, 0.1) is 13.8 Å². The third-order valence-corrected chi connectivity index (χ3v) is 5.79. The summed E-state index contributed by atoms with van der Waals surface area (Å²) >= 11 is 0. The minimum atomic E-state index is -0.0295. The van der Waals surface area contributed by atoms with Crippen LogP contribution >= 0.6 is 0 Å². The molecule has 0 aliphatic carbocycles. The van der Waals surface area contributed by atoms with E-state index in [1.807, 2.05) is 13.0 Å². The fourth-order valence-corrected chi connectivity index (χ4v) is 4.18. The van der Waals surface area contributed by atoms with Gasteiger partial charge in [0.15, 0.2) is 0 Å². The molecule has 0 amide bonds. The summed E-state index contributed by atoms with van der Waals surface area (Å²) in [5, 5.41) is 9.13. The molecule has 29 heavy (non-hydrogen) atoms. The zero-order chi connectivity index (χ0) is 20.2. The van der Waals surface area contributed by atoms with Crippen LogP contribution in [0.3, 0.4) is 0 Å². The molecule has 3 heterocycles. The van der Waals surface area contributed by atoms with Crippen molar-refractivity contribution in [1.82, 2.24) is 19.7 Å². The maximum atomic E-state index is 12.0. The number of anilines is 1. The highest BCUT2D eigenvalue weighted by molar-refractivity contribution is 5.83. The molecule has 152 valence electrons. The lowest BCUT2D eigenvalue weighted by molar-refractivity contribution is 0.148.